The summed E-state index contributed by atoms with van der Waals surface area (Å²) >= 11 is 5.66. The van der Waals surface area contributed by atoms with Crippen molar-refractivity contribution in [3.8, 4) is 6.07 Å². The second kappa shape index (κ2) is 5.85. The van der Waals surface area contributed by atoms with Crippen molar-refractivity contribution >= 4 is 17.4 Å². The number of ketones is 1. The van der Waals surface area contributed by atoms with Gasteiger partial charge >= 0.3 is 0 Å². The van der Waals surface area contributed by atoms with Gasteiger partial charge in [0.2, 0.25) is 0 Å². The number of aryl methyl sites for hydroxylation is 1. The van der Waals surface area contributed by atoms with Gasteiger partial charge in [-0.1, -0.05) is 35.9 Å². The first-order chi connectivity index (χ1) is 9.54. The number of carbonyl (C=O) groups is 1. The van der Waals surface area contributed by atoms with E-state index in [4.69, 9.17) is 11.6 Å². The maximum atomic E-state index is 13.8. The summed E-state index contributed by atoms with van der Waals surface area (Å²) in [6, 6.07) is 12.8. The summed E-state index contributed by atoms with van der Waals surface area (Å²) in [5.41, 5.74) is 1.29. The third kappa shape index (κ3) is 2.71. The highest BCUT2D eigenvalue weighted by Crippen LogP contribution is 2.25. The highest BCUT2D eigenvalue weighted by atomic mass is 35.5. The van der Waals surface area contributed by atoms with Crippen LogP contribution in [-0.2, 0) is 0 Å². The molecule has 100 valence electrons. The number of Topliss-reactive ketones (excluding diaryl/α,β-unsaturated/α-hetero) is 1. The average molecular weight is 288 g/mol. The van der Waals surface area contributed by atoms with Gasteiger partial charge in [-0.3, -0.25) is 4.79 Å². The first-order valence-electron chi connectivity index (χ1n) is 5.99. The smallest absolute Gasteiger partial charge is 0.187 e. The molecule has 0 bridgehead atoms. The fourth-order valence-electron chi connectivity index (χ4n) is 2.02. The Kier molecular flexibility index (Phi) is 4.16. The summed E-state index contributed by atoms with van der Waals surface area (Å²) < 4.78 is 13.8. The van der Waals surface area contributed by atoms with Crippen molar-refractivity contribution in [2.24, 2.45) is 0 Å². The van der Waals surface area contributed by atoms with Crippen LogP contribution in [0, 0.1) is 24.1 Å². The topological polar surface area (TPSA) is 40.9 Å². The van der Waals surface area contributed by atoms with Crippen molar-refractivity contribution in [1.29, 1.82) is 5.26 Å². The van der Waals surface area contributed by atoms with Gasteiger partial charge in [-0.15, -0.1) is 0 Å². The Morgan fingerprint density at radius 2 is 2.00 bits per heavy atom. The van der Waals surface area contributed by atoms with Crippen molar-refractivity contribution in [3.63, 3.8) is 0 Å². The lowest BCUT2D eigenvalue weighted by molar-refractivity contribution is 0.0974. The summed E-state index contributed by atoms with van der Waals surface area (Å²) in [6.45, 7) is 1.81. The van der Waals surface area contributed by atoms with E-state index in [0.717, 1.165) is 11.6 Å². The van der Waals surface area contributed by atoms with Crippen molar-refractivity contribution in [3.05, 3.63) is 70.0 Å². The minimum atomic E-state index is -1.02. The van der Waals surface area contributed by atoms with Gasteiger partial charge in [-0.25, -0.2) is 4.39 Å². The molecule has 0 spiro atoms. The van der Waals surface area contributed by atoms with Crippen molar-refractivity contribution in [2.45, 2.75) is 12.8 Å². The van der Waals surface area contributed by atoms with E-state index in [0.29, 0.717) is 5.56 Å². The maximum absolute atomic E-state index is 13.8. The Morgan fingerprint density at radius 3 is 2.60 bits per heavy atom. The SMILES string of the molecule is Cc1ccccc1C(C#N)C(=O)c1ccc(Cl)cc1F. The Hall–Kier alpha value is -2.18. The van der Waals surface area contributed by atoms with Crippen LogP contribution in [0.5, 0.6) is 0 Å². The van der Waals surface area contributed by atoms with Gasteiger partial charge < -0.3 is 0 Å². The molecule has 2 rings (SSSR count). The van der Waals surface area contributed by atoms with Gasteiger partial charge in [0, 0.05) is 5.02 Å². The highest BCUT2D eigenvalue weighted by molar-refractivity contribution is 6.30. The summed E-state index contributed by atoms with van der Waals surface area (Å²) in [5, 5.41) is 9.47. The van der Waals surface area contributed by atoms with E-state index in [2.05, 4.69) is 0 Å². The zero-order valence-corrected chi connectivity index (χ0v) is 11.5. The van der Waals surface area contributed by atoms with Gasteiger partial charge in [0.25, 0.3) is 0 Å². The van der Waals surface area contributed by atoms with Crippen LogP contribution in [0.15, 0.2) is 42.5 Å². The standard InChI is InChI=1S/C16H11ClFNO/c1-10-4-2-3-5-12(10)14(9-19)16(20)13-7-6-11(17)8-15(13)18/h2-8,14H,1H3. The van der Waals surface area contributed by atoms with E-state index in [1.807, 2.05) is 25.1 Å². The lowest BCUT2D eigenvalue weighted by Gasteiger charge is -2.12. The average Bonchev–Trinajstić information content (AvgIpc) is 2.41. The van der Waals surface area contributed by atoms with Crippen molar-refractivity contribution in [2.75, 3.05) is 0 Å². The monoisotopic (exact) mass is 287 g/mol. The summed E-state index contributed by atoms with van der Waals surface area (Å²) in [4.78, 5) is 12.4. The molecule has 0 amide bonds. The number of benzene rings is 2. The van der Waals surface area contributed by atoms with Crippen LogP contribution in [0.3, 0.4) is 0 Å². The fraction of sp³-hybridized carbons (Fsp3) is 0.125. The molecule has 0 N–H and O–H groups in total. The number of carbonyl (C=O) groups excluding carboxylic acids is 1. The molecule has 1 unspecified atom stereocenters. The molecule has 0 aliphatic carbocycles. The molecule has 2 nitrogen and oxygen atoms in total. The molecule has 0 fully saturated rings. The third-order valence-electron chi connectivity index (χ3n) is 3.09. The second-order valence-electron chi connectivity index (χ2n) is 4.41. The van der Waals surface area contributed by atoms with E-state index in [9.17, 15) is 14.4 Å². The Labute approximate surface area is 121 Å². The van der Waals surface area contributed by atoms with Crippen LogP contribution < -0.4 is 0 Å². The molecule has 0 aliphatic heterocycles. The molecule has 2 aromatic carbocycles. The van der Waals surface area contributed by atoms with Crippen LogP contribution in [0.4, 0.5) is 4.39 Å². The third-order valence-corrected chi connectivity index (χ3v) is 3.32. The quantitative estimate of drug-likeness (QED) is 0.791. The number of nitrogens with zero attached hydrogens (tertiary/aromatic N) is 1. The molecule has 0 aliphatic rings. The van der Waals surface area contributed by atoms with Crippen LogP contribution in [0.1, 0.15) is 27.4 Å². The molecular formula is C16H11ClFNO. The molecule has 0 saturated carbocycles. The lowest BCUT2D eigenvalue weighted by Crippen LogP contribution is -2.14. The number of rotatable bonds is 3. The summed E-state index contributed by atoms with van der Waals surface area (Å²) in [5.74, 6) is -2.29. The zero-order valence-electron chi connectivity index (χ0n) is 10.7. The van der Waals surface area contributed by atoms with E-state index in [-0.39, 0.29) is 10.6 Å². The fourth-order valence-corrected chi connectivity index (χ4v) is 2.18. The Morgan fingerprint density at radius 1 is 1.30 bits per heavy atom. The summed E-state index contributed by atoms with van der Waals surface area (Å²) in [7, 11) is 0. The molecule has 4 heteroatoms. The molecule has 1 atom stereocenters. The second-order valence-corrected chi connectivity index (χ2v) is 4.84. The first-order valence-corrected chi connectivity index (χ1v) is 6.37. The number of hydrogen-bond acceptors (Lipinski definition) is 2. The summed E-state index contributed by atoms with van der Waals surface area (Å²) in [6.07, 6.45) is 0. The molecule has 20 heavy (non-hydrogen) atoms. The zero-order chi connectivity index (χ0) is 14.7. The Bertz CT molecular complexity index is 706. The van der Waals surface area contributed by atoms with Crippen LogP contribution in [-0.4, -0.2) is 5.78 Å². The lowest BCUT2D eigenvalue weighted by atomic mass is 9.89. The van der Waals surface area contributed by atoms with E-state index >= 15 is 0 Å². The van der Waals surface area contributed by atoms with E-state index < -0.39 is 17.5 Å². The minimum absolute atomic E-state index is 0.121. The molecular weight excluding hydrogens is 277 g/mol. The van der Waals surface area contributed by atoms with Gasteiger partial charge in [0.05, 0.1) is 11.6 Å². The van der Waals surface area contributed by atoms with Crippen LogP contribution in [0.2, 0.25) is 5.02 Å². The predicted octanol–water partition coefficient (Wildman–Crippen LogP) is 4.28. The predicted molar refractivity (Wildman–Crippen MR) is 75.3 cm³/mol. The molecule has 0 aromatic heterocycles. The number of hydrogen-bond donors (Lipinski definition) is 0. The van der Waals surface area contributed by atoms with Crippen molar-refractivity contribution in [1.82, 2.24) is 0 Å². The minimum Gasteiger partial charge on any atom is -0.292 e. The van der Waals surface area contributed by atoms with Gasteiger partial charge in [0.1, 0.15) is 11.7 Å². The molecule has 2 aromatic rings. The Balaban J connectivity index is 2.45. The van der Waals surface area contributed by atoms with Gasteiger partial charge in [-0.2, -0.15) is 5.26 Å². The van der Waals surface area contributed by atoms with E-state index in [1.54, 1.807) is 12.1 Å². The van der Waals surface area contributed by atoms with E-state index in [1.165, 1.54) is 12.1 Å². The molecule has 0 radical (unpaired) electrons. The highest BCUT2D eigenvalue weighted by Gasteiger charge is 2.25. The van der Waals surface area contributed by atoms with Gasteiger partial charge in [-0.05, 0) is 36.2 Å². The largest absolute Gasteiger partial charge is 0.292 e. The van der Waals surface area contributed by atoms with Crippen LogP contribution >= 0.6 is 11.6 Å². The molecule has 0 saturated heterocycles. The normalized spacial score (nSPS) is 11.7. The van der Waals surface area contributed by atoms with Crippen molar-refractivity contribution < 1.29 is 9.18 Å². The van der Waals surface area contributed by atoms with Crippen LogP contribution in [0.25, 0.3) is 0 Å². The molecule has 0 heterocycles. The number of nitriles is 1. The first kappa shape index (κ1) is 14.2. The van der Waals surface area contributed by atoms with Gasteiger partial charge in [0.15, 0.2) is 5.78 Å². The number of halogens is 2. The maximum Gasteiger partial charge on any atom is 0.187 e.